The molecule has 6 heteroatoms. The molecule has 1 aliphatic heterocycles. The third kappa shape index (κ3) is 4.45. The second-order valence-electron chi connectivity index (χ2n) is 5.16. The second-order valence-corrected chi connectivity index (χ2v) is 5.16. The van der Waals surface area contributed by atoms with Crippen LogP contribution in [0.5, 0.6) is 0 Å². The van der Waals surface area contributed by atoms with Crippen molar-refractivity contribution in [3.8, 4) is 0 Å². The van der Waals surface area contributed by atoms with Crippen molar-refractivity contribution in [3.05, 3.63) is 0 Å². The minimum atomic E-state index is -1.12. The van der Waals surface area contributed by atoms with Gasteiger partial charge in [-0.3, -0.25) is 9.59 Å². The highest BCUT2D eigenvalue weighted by Crippen LogP contribution is 2.23. The normalized spacial score (nSPS) is 26.4. The minimum Gasteiger partial charge on any atom is -0.456 e. The van der Waals surface area contributed by atoms with Crippen molar-refractivity contribution >= 4 is 11.9 Å². The van der Waals surface area contributed by atoms with E-state index in [1.807, 2.05) is 13.8 Å². The summed E-state index contributed by atoms with van der Waals surface area (Å²) < 4.78 is 10.2. The maximum absolute atomic E-state index is 12.1. The maximum Gasteiger partial charge on any atom is 0.309 e. The van der Waals surface area contributed by atoms with Gasteiger partial charge in [0, 0.05) is 0 Å². The molecule has 2 N–H and O–H groups in total. The minimum absolute atomic E-state index is 0.214. The standard InChI is InChI=1S/C14H24O6/c1-3-5-9(6-4-2)14(18)20-13-10(16)7-12(17)19-11(13)8-15/h9-11,13,15-16H,3-8H2,1-2H3. The number of hydrogen-bond donors (Lipinski definition) is 2. The first-order chi connectivity index (χ1) is 9.53. The lowest BCUT2D eigenvalue weighted by atomic mass is 9.97. The van der Waals surface area contributed by atoms with Gasteiger partial charge in [0.2, 0.25) is 0 Å². The van der Waals surface area contributed by atoms with Crippen LogP contribution in [0.1, 0.15) is 46.0 Å². The number of esters is 2. The SMILES string of the molecule is CCCC(CCC)C(=O)OC1C(O)CC(=O)OC1CO. The summed E-state index contributed by atoms with van der Waals surface area (Å²) in [6, 6.07) is 0. The van der Waals surface area contributed by atoms with Crippen LogP contribution in [-0.4, -0.2) is 47.1 Å². The zero-order valence-electron chi connectivity index (χ0n) is 12.1. The van der Waals surface area contributed by atoms with Gasteiger partial charge in [0.25, 0.3) is 0 Å². The Morgan fingerprint density at radius 1 is 1.40 bits per heavy atom. The van der Waals surface area contributed by atoms with Gasteiger partial charge >= 0.3 is 11.9 Å². The van der Waals surface area contributed by atoms with E-state index >= 15 is 0 Å². The molecule has 3 unspecified atom stereocenters. The molecule has 0 aromatic carbocycles. The van der Waals surface area contributed by atoms with E-state index in [0.29, 0.717) is 0 Å². The first-order valence-electron chi connectivity index (χ1n) is 7.22. The fraction of sp³-hybridized carbons (Fsp3) is 0.857. The lowest BCUT2D eigenvalue weighted by Crippen LogP contribution is -2.51. The molecule has 6 nitrogen and oxygen atoms in total. The van der Waals surface area contributed by atoms with Gasteiger partial charge < -0.3 is 19.7 Å². The number of cyclic esters (lactones) is 1. The van der Waals surface area contributed by atoms with E-state index in [1.54, 1.807) is 0 Å². The van der Waals surface area contributed by atoms with E-state index in [-0.39, 0.29) is 12.3 Å². The van der Waals surface area contributed by atoms with E-state index in [2.05, 4.69) is 0 Å². The second kappa shape index (κ2) is 8.21. The molecule has 0 aromatic rings. The third-order valence-electron chi connectivity index (χ3n) is 3.44. The molecule has 0 radical (unpaired) electrons. The van der Waals surface area contributed by atoms with Crippen molar-refractivity contribution in [2.75, 3.05) is 6.61 Å². The van der Waals surface area contributed by atoms with Crippen LogP contribution in [0, 0.1) is 5.92 Å². The maximum atomic E-state index is 12.1. The van der Waals surface area contributed by atoms with Gasteiger partial charge in [0.05, 0.1) is 18.9 Å². The zero-order valence-corrected chi connectivity index (χ0v) is 12.1. The summed E-state index contributed by atoms with van der Waals surface area (Å²) in [7, 11) is 0. The van der Waals surface area contributed by atoms with Crippen LogP contribution in [0.25, 0.3) is 0 Å². The summed E-state index contributed by atoms with van der Waals surface area (Å²) in [5.41, 5.74) is 0. The van der Waals surface area contributed by atoms with Crippen molar-refractivity contribution in [3.63, 3.8) is 0 Å². The molecule has 0 aromatic heterocycles. The van der Waals surface area contributed by atoms with Gasteiger partial charge in [0.1, 0.15) is 6.10 Å². The molecule has 20 heavy (non-hydrogen) atoms. The van der Waals surface area contributed by atoms with E-state index in [9.17, 15) is 19.8 Å². The van der Waals surface area contributed by atoms with E-state index in [4.69, 9.17) is 9.47 Å². The zero-order chi connectivity index (χ0) is 15.1. The van der Waals surface area contributed by atoms with Crippen LogP contribution in [0.3, 0.4) is 0 Å². The number of aliphatic hydroxyl groups excluding tert-OH is 2. The Kier molecular flexibility index (Phi) is 6.95. The largest absolute Gasteiger partial charge is 0.456 e. The van der Waals surface area contributed by atoms with Crippen LogP contribution in [0.4, 0.5) is 0 Å². The fourth-order valence-corrected chi connectivity index (χ4v) is 2.42. The van der Waals surface area contributed by atoms with Crippen molar-refractivity contribution in [2.45, 2.75) is 64.3 Å². The number of hydrogen-bond acceptors (Lipinski definition) is 6. The fourth-order valence-electron chi connectivity index (χ4n) is 2.42. The lowest BCUT2D eigenvalue weighted by molar-refractivity contribution is -0.199. The van der Waals surface area contributed by atoms with Crippen LogP contribution < -0.4 is 0 Å². The van der Waals surface area contributed by atoms with Gasteiger partial charge in [-0.05, 0) is 12.8 Å². The monoisotopic (exact) mass is 288 g/mol. The molecule has 1 rings (SSSR count). The Hall–Kier alpha value is -1.14. The molecule has 3 atom stereocenters. The predicted molar refractivity (Wildman–Crippen MR) is 70.8 cm³/mol. The van der Waals surface area contributed by atoms with Gasteiger partial charge in [-0.15, -0.1) is 0 Å². The number of carbonyl (C=O) groups excluding carboxylic acids is 2. The van der Waals surface area contributed by atoms with Crippen LogP contribution in [0.15, 0.2) is 0 Å². The van der Waals surface area contributed by atoms with Crippen molar-refractivity contribution in [1.82, 2.24) is 0 Å². The quantitative estimate of drug-likeness (QED) is 0.673. The van der Waals surface area contributed by atoms with Gasteiger partial charge in [0.15, 0.2) is 12.2 Å². The van der Waals surface area contributed by atoms with Crippen LogP contribution >= 0.6 is 0 Å². The van der Waals surface area contributed by atoms with Crippen molar-refractivity contribution in [1.29, 1.82) is 0 Å². The molecule has 1 fully saturated rings. The number of carbonyl (C=O) groups is 2. The highest BCUT2D eigenvalue weighted by Gasteiger charge is 2.41. The van der Waals surface area contributed by atoms with Crippen LogP contribution in [-0.2, 0) is 19.1 Å². The van der Waals surface area contributed by atoms with Crippen molar-refractivity contribution in [2.24, 2.45) is 5.92 Å². The summed E-state index contributed by atoms with van der Waals surface area (Å²) >= 11 is 0. The summed E-state index contributed by atoms with van der Waals surface area (Å²) in [5.74, 6) is -1.20. The molecular weight excluding hydrogens is 264 g/mol. The summed E-state index contributed by atoms with van der Waals surface area (Å²) in [4.78, 5) is 23.3. The molecule has 0 amide bonds. The lowest BCUT2D eigenvalue weighted by Gasteiger charge is -2.34. The van der Waals surface area contributed by atoms with Gasteiger partial charge in [-0.1, -0.05) is 26.7 Å². The third-order valence-corrected chi connectivity index (χ3v) is 3.44. The number of aliphatic hydroxyl groups is 2. The molecule has 1 saturated heterocycles. The summed E-state index contributed by atoms with van der Waals surface area (Å²) in [6.07, 6.45) is -0.142. The molecule has 1 aliphatic rings. The summed E-state index contributed by atoms with van der Waals surface area (Å²) in [6.45, 7) is 3.50. The molecule has 0 bridgehead atoms. The Labute approximate surface area is 119 Å². The first-order valence-corrected chi connectivity index (χ1v) is 7.22. The van der Waals surface area contributed by atoms with Gasteiger partial charge in [-0.2, -0.15) is 0 Å². The smallest absolute Gasteiger partial charge is 0.309 e. The Bertz CT molecular complexity index is 324. The molecular formula is C14H24O6. The predicted octanol–water partition coefficient (Wildman–Crippen LogP) is 0.783. The molecule has 0 saturated carbocycles. The molecule has 116 valence electrons. The average molecular weight is 288 g/mol. The Morgan fingerprint density at radius 2 is 2.00 bits per heavy atom. The van der Waals surface area contributed by atoms with E-state index in [0.717, 1.165) is 25.7 Å². The molecule has 1 heterocycles. The molecule has 0 aliphatic carbocycles. The van der Waals surface area contributed by atoms with E-state index in [1.165, 1.54) is 0 Å². The highest BCUT2D eigenvalue weighted by molar-refractivity contribution is 5.74. The number of rotatable bonds is 7. The average Bonchev–Trinajstić information content (AvgIpc) is 2.41. The topological polar surface area (TPSA) is 93.1 Å². The van der Waals surface area contributed by atoms with Crippen molar-refractivity contribution < 1.29 is 29.3 Å². The Morgan fingerprint density at radius 3 is 2.50 bits per heavy atom. The highest BCUT2D eigenvalue weighted by atomic mass is 16.6. The molecule has 0 spiro atoms. The number of ether oxygens (including phenoxy) is 2. The summed E-state index contributed by atoms with van der Waals surface area (Å²) in [5, 5.41) is 19.0. The van der Waals surface area contributed by atoms with E-state index < -0.39 is 36.9 Å². The van der Waals surface area contributed by atoms with Gasteiger partial charge in [-0.25, -0.2) is 0 Å². The first kappa shape index (κ1) is 16.9. The Balaban J connectivity index is 2.67. The van der Waals surface area contributed by atoms with Crippen LogP contribution in [0.2, 0.25) is 0 Å².